The van der Waals surface area contributed by atoms with E-state index >= 15 is 0 Å². The first-order chi connectivity index (χ1) is 11.6. The largest absolute Gasteiger partial charge is 0.497 e. The van der Waals surface area contributed by atoms with Gasteiger partial charge in [0.25, 0.3) is 0 Å². The van der Waals surface area contributed by atoms with Crippen LogP contribution in [0.4, 0.5) is 0 Å². The molecule has 0 aliphatic heterocycles. The molecule has 1 aromatic carbocycles. The molecule has 0 saturated carbocycles. The Morgan fingerprint density at radius 2 is 2.04 bits per heavy atom. The van der Waals surface area contributed by atoms with Gasteiger partial charge < -0.3 is 9.26 Å². The third kappa shape index (κ3) is 3.99. The van der Waals surface area contributed by atoms with Crippen LogP contribution in [0, 0.1) is 0 Å². The number of likely N-dealkylation sites (N-methyl/N-ethyl adjacent to an activating group) is 1. The van der Waals surface area contributed by atoms with Gasteiger partial charge >= 0.3 is 0 Å². The van der Waals surface area contributed by atoms with Gasteiger partial charge in [0.1, 0.15) is 5.75 Å². The predicted octanol–water partition coefficient (Wildman–Crippen LogP) is 2.15. The standard InChI is InChI=1S/C17H21N5O2/c1-21(9-8-13-10-18-22(2)11-13)12-16-19-17(20-24-16)14-4-6-15(23-3)7-5-14/h4-7,10-11H,8-9,12H2,1-3H3. The van der Waals surface area contributed by atoms with Crippen molar-refractivity contribution in [1.29, 1.82) is 0 Å². The molecule has 0 N–H and O–H groups in total. The van der Waals surface area contributed by atoms with Crippen molar-refractivity contribution in [2.75, 3.05) is 20.7 Å². The van der Waals surface area contributed by atoms with Crippen LogP contribution in [0.3, 0.4) is 0 Å². The molecule has 3 rings (SSSR count). The molecule has 7 nitrogen and oxygen atoms in total. The van der Waals surface area contributed by atoms with Crippen LogP contribution in [0.25, 0.3) is 11.4 Å². The lowest BCUT2D eigenvalue weighted by molar-refractivity contribution is 0.269. The highest BCUT2D eigenvalue weighted by molar-refractivity contribution is 5.55. The van der Waals surface area contributed by atoms with Crippen LogP contribution in [0.15, 0.2) is 41.2 Å². The SMILES string of the molecule is COc1ccc(-c2noc(CN(C)CCc3cnn(C)c3)n2)cc1. The van der Waals surface area contributed by atoms with Gasteiger partial charge in [-0.25, -0.2) is 0 Å². The summed E-state index contributed by atoms with van der Waals surface area (Å²) in [6, 6.07) is 7.59. The zero-order valence-electron chi connectivity index (χ0n) is 14.1. The molecule has 0 aliphatic carbocycles. The zero-order valence-corrected chi connectivity index (χ0v) is 14.1. The first-order valence-electron chi connectivity index (χ1n) is 7.77. The highest BCUT2D eigenvalue weighted by Crippen LogP contribution is 2.20. The Hall–Kier alpha value is -2.67. The third-order valence-corrected chi connectivity index (χ3v) is 3.76. The van der Waals surface area contributed by atoms with Crippen molar-refractivity contribution in [2.24, 2.45) is 7.05 Å². The quantitative estimate of drug-likeness (QED) is 0.662. The van der Waals surface area contributed by atoms with Gasteiger partial charge in [0.15, 0.2) is 0 Å². The second-order valence-corrected chi connectivity index (χ2v) is 5.75. The number of ether oxygens (including phenoxy) is 1. The summed E-state index contributed by atoms with van der Waals surface area (Å²) in [5, 5.41) is 8.23. The molecular weight excluding hydrogens is 306 g/mol. The lowest BCUT2D eigenvalue weighted by Gasteiger charge is -2.12. The van der Waals surface area contributed by atoms with Crippen LogP contribution in [-0.2, 0) is 20.0 Å². The van der Waals surface area contributed by atoms with Crippen LogP contribution in [0.2, 0.25) is 0 Å². The van der Waals surface area contributed by atoms with E-state index in [0.717, 1.165) is 24.3 Å². The topological polar surface area (TPSA) is 69.2 Å². The Kier molecular flexibility index (Phi) is 4.90. The fraction of sp³-hybridized carbons (Fsp3) is 0.353. The van der Waals surface area contributed by atoms with E-state index in [1.807, 2.05) is 55.4 Å². The van der Waals surface area contributed by atoms with E-state index in [4.69, 9.17) is 9.26 Å². The Balaban J connectivity index is 1.56. The number of nitrogens with zero attached hydrogens (tertiary/aromatic N) is 5. The van der Waals surface area contributed by atoms with E-state index in [-0.39, 0.29) is 0 Å². The number of methoxy groups -OCH3 is 1. The third-order valence-electron chi connectivity index (χ3n) is 3.76. The summed E-state index contributed by atoms with van der Waals surface area (Å²) in [4.78, 5) is 6.61. The molecule has 0 saturated heterocycles. The van der Waals surface area contributed by atoms with Crippen LogP contribution < -0.4 is 4.74 Å². The number of aryl methyl sites for hydroxylation is 1. The maximum Gasteiger partial charge on any atom is 0.241 e. The maximum atomic E-state index is 5.35. The molecule has 7 heteroatoms. The molecule has 0 atom stereocenters. The van der Waals surface area contributed by atoms with Crippen LogP contribution in [0.1, 0.15) is 11.5 Å². The number of hydrogen-bond donors (Lipinski definition) is 0. The molecule has 0 bridgehead atoms. The van der Waals surface area contributed by atoms with E-state index in [2.05, 4.69) is 20.1 Å². The minimum Gasteiger partial charge on any atom is -0.497 e. The van der Waals surface area contributed by atoms with E-state index in [1.165, 1.54) is 5.56 Å². The fourth-order valence-electron chi connectivity index (χ4n) is 2.41. The fourth-order valence-corrected chi connectivity index (χ4v) is 2.41. The maximum absolute atomic E-state index is 5.35. The van der Waals surface area contributed by atoms with Crippen molar-refractivity contribution in [3.05, 3.63) is 48.1 Å². The minimum atomic E-state index is 0.591. The Labute approximate surface area is 140 Å². The van der Waals surface area contributed by atoms with E-state index in [0.29, 0.717) is 18.3 Å². The van der Waals surface area contributed by atoms with Crippen LogP contribution >= 0.6 is 0 Å². The second-order valence-electron chi connectivity index (χ2n) is 5.75. The molecule has 0 unspecified atom stereocenters. The molecule has 3 aromatic rings. The molecule has 0 radical (unpaired) electrons. The number of hydrogen-bond acceptors (Lipinski definition) is 6. The van der Waals surface area contributed by atoms with E-state index < -0.39 is 0 Å². The number of rotatable bonds is 7. The summed E-state index contributed by atoms with van der Waals surface area (Å²) in [5.41, 5.74) is 2.12. The van der Waals surface area contributed by atoms with Gasteiger partial charge in [-0.15, -0.1) is 0 Å². The lowest BCUT2D eigenvalue weighted by Crippen LogP contribution is -2.20. The normalized spacial score (nSPS) is 11.2. The van der Waals surface area contributed by atoms with Gasteiger partial charge in [-0.3, -0.25) is 9.58 Å². The average molecular weight is 327 g/mol. The van der Waals surface area contributed by atoms with Crippen LogP contribution in [0.5, 0.6) is 5.75 Å². The predicted molar refractivity (Wildman–Crippen MR) is 89.5 cm³/mol. The number of benzene rings is 1. The van der Waals surface area contributed by atoms with Gasteiger partial charge in [0, 0.05) is 25.4 Å². The van der Waals surface area contributed by atoms with E-state index in [9.17, 15) is 0 Å². The first-order valence-corrected chi connectivity index (χ1v) is 7.77. The van der Waals surface area contributed by atoms with Gasteiger partial charge in [-0.2, -0.15) is 10.1 Å². The van der Waals surface area contributed by atoms with Gasteiger partial charge in [0.05, 0.1) is 19.9 Å². The van der Waals surface area contributed by atoms with Gasteiger partial charge in [-0.1, -0.05) is 5.16 Å². The molecule has 0 spiro atoms. The highest BCUT2D eigenvalue weighted by Gasteiger charge is 2.11. The van der Waals surface area contributed by atoms with Crippen molar-refractivity contribution in [3.63, 3.8) is 0 Å². The second kappa shape index (κ2) is 7.27. The van der Waals surface area contributed by atoms with Gasteiger partial charge in [-0.05, 0) is 43.3 Å². The summed E-state index contributed by atoms with van der Waals surface area (Å²) >= 11 is 0. The Morgan fingerprint density at radius 3 is 2.71 bits per heavy atom. The Bertz CT molecular complexity index is 778. The zero-order chi connectivity index (χ0) is 16.9. The highest BCUT2D eigenvalue weighted by atomic mass is 16.5. The molecule has 0 amide bonds. The molecule has 0 fully saturated rings. The summed E-state index contributed by atoms with van der Waals surface area (Å²) < 4.78 is 12.3. The van der Waals surface area contributed by atoms with Crippen LogP contribution in [-0.4, -0.2) is 45.5 Å². The minimum absolute atomic E-state index is 0.591. The molecule has 0 aliphatic rings. The van der Waals surface area contributed by atoms with Gasteiger partial charge in [0.2, 0.25) is 11.7 Å². The smallest absolute Gasteiger partial charge is 0.241 e. The molecule has 2 aromatic heterocycles. The average Bonchev–Trinajstić information content (AvgIpc) is 3.22. The van der Waals surface area contributed by atoms with Crippen molar-refractivity contribution >= 4 is 0 Å². The van der Waals surface area contributed by atoms with Crippen molar-refractivity contribution in [1.82, 2.24) is 24.8 Å². The van der Waals surface area contributed by atoms with E-state index in [1.54, 1.807) is 7.11 Å². The van der Waals surface area contributed by atoms with Crippen molar-refractivity contribution in [2.45, 2.75) is 13.0 Å². The molecule has 126 valence electrons. The van der Waals surface area contributed by atoms with Crippen molar-refractivity contribution < 1.29 is 9.26 Å². The summed E-state index contributed by atoms with van der Waals surface area (Å²) in [5.74, 6) is 2.00. The monoisotopic (exact) mass is 327 g/mol. The molecule has 2 heterocycles. The number of aromatic nitrogens is 4. The summed E-state index contributed by atoms with van der Waals surface area (Å²) in [6.07, 6.45) is 4.86. The summed E-state index contributed by atoms with van der Waals surface area (Å²) in [6.45, 7) is 1.51. The molecular formula is C17H21N5O2. The molecule has 24 heavy (non-hydrogen) atoms. The first kappa shape index (κ1) is 16.2. The van der Waals surface area contributed by atoms with Crippen molar-refractivity contribution in [3.8, 4) is 17.1 Å². The summed E-state index contributed by atoms with van der Waals surface area (Å²) in [7, 11) is 5.60. The Morgan fingerprint density at radius 1 is 1.25 bits per heavy atom. The lowest BCUT2D eigenvalue weighted by atomic mass is 10.2.